The Kier molecular flexibility index (Phi) is 3.78. The van der Waals surface area contributed by atoms with Crippen molar-refractivity contribution >= 4 is 0 Å². The van der Waals surface area contributed by atoms with Crippen LogP contribution < -0.4 is 0 Å². The molecular formula is C14H22O. The first-order chi connectivity index (χ1) is 6.97. The Morgan fingerprint density at radius 1 is 1.47 bits per heavy atom. The van der Waals surface area contributed by atoms with E-state index in [9.17, 15) is 0 Å². The minimum Gasteiger partial charge on any atom is -0.497 e. The molecule has 0 aromatic heterocycles. The van der Waals surface area contributed by atoms with E-state index in [1.54, 1.807) is 7.11 Å². The summed E-state index contributed by atoms with van der Waals surface area (Å²) in [5.41, 5.74) is 3.26. The molecule has 1 aliphatic rings. The van der Waals surface area contributed by atoms with E-state index in [4.69, 9.17) is 4.74 Å². The van der Waals surface area contributed by atoms with E-state index in [1.165, 1.54) is 30.4 Å². The van der Waals surface area contributed by atoms with Crippen molar-refractivity contribution < 1.29 is 4.74 Å². The summed E-state index contributed by atoms with van der Waals surface area (Å²) < 4.78 is 5.04. The smallest absolute Gasteiger partial charge is 0.111 e. The highest BCUT2D eigenvalue weighted by Gasteiger charge is 2.26. The van der Waals surface area contributed by atoms with Gasteiger partial charge in [-0.2, -0.15) is 0 Å². The van der Waals surface area contributed by atoms with Crippen molar-refractivity contribution in [2.45, 2.75) is 40.0 Å². The monoisotopic (exact) mass is 206 g/mol. The molecular weight excluding hydrogens is 184 g/mol. The fourth-order valence-electron chi connectivity index (χ4n) is 2.25. The van der Waals surface area contributed by atoms with Crippen molar-refractivity contribution in [2.24, 2.45) is 5.41 Å². The van der Waals surface area contributed by atoms with Crippen LogP contribution >= 0.6 is 0 Å². The zero-order valence-corrected chi connectivity index (χ0v) is 10.4. The first-order valence-corrected chi connectivity index (χ1v) is 5.58. The van der Waals surface area contributed by atoms with E-state index in [0.29, 0.717) is 5.41 Å². The molecule has 1 heteroatoms. The van der Waals surface area contributed by atoms with Gasteiger partial charge in [-0.1, -0.05) is 32.1 Å². The lowest BCUT2D eigenvalue weighted by Gasteiger charge is -2.32. The summed E-state index contributed by atoms with van der Waals surface area (Å²) >= 11 is 0. The van der Waals surface area contributed by atoms with Crippen LogP contribution in [0.5, 0.6) is 0 Å². The van der Waals surface area contributed by atoms with Gasteiger partial charge < -0.3 is 4.74 Å². The third kappa shape index (κ3) is 2.98. The second-order valence-electron chi connectivity index (χ2n) is 4.94. The third-order valence-electron chi connectivity index (χ3n) is 3.24. The molecule has 0 saturated heterocycles. The maximum Gasteiger partial charge on any atom is 0.111 e. The maximum absolute atomic E-state index is 5.04. The van der Waals surface area contributed by atoms with Gasteiger partial charge in [0.25, 0.3) is 0 Å². The Morgan fingerprint density at radius 3 is 2.67 bits per heavy atom. The van der Waals surface area contributed by atoms with Gasteiger partial charge in [-0.15, -0.1) is 0 Å². The molecule has 1 nitrogen and oxygen atoms in total. The quantitative estimate of drug-likeness (QED) is 0.496. The van der Waals surface area contributed by atoms with Gasteiger partial charge >= 0.3 is 0 Å². The minimum atomic E-state index is 0.298. The van der Waals surface area contributed by atoms with Crippen LogP contribution in [0.3, 0.4) is 0 Å². The summed E-state index contributed by atoms with van der Waals surface area (Å²) in [6.07, 6.45) is 7.93. The highest BCUT2D eigenvalue weighted by atomic mass is 16.5. The summed E-state index contributed by atoms with van der Waals surface area (Å²) in [5.74, 6) is 0.719. The van der Waals surface area contributed by atoms with E-state index in [0.717, 1.165) is 5.76 Å². The van der Waals surface area contributed by atoms with E-state index >= 15 is 0 Å². The standard InChI is InChI=1S/C14H22O/c1-11-7-6-10-14(3,4)13(11)9-8-12(2)15-5/h8-9H,2,6-7,10H2,1,3-5H3/b9-8+. The fourth-order valence-corrected chi connectivity index (χ4v) is 2.25. The molecule has 0 aromatic rings. The highest BCUT2D eigenvalue weighted by Crippen LogP contribution is 2.40. The van der Waals surface area contributed by atoms with Crippen molar-refractivity contribution in [2.75, 3.05) is 7.11 Å². The lowest BCUT2D eigenvalue weighted by Crippen LogP contribution is -2.19. The molecule has 0 atom stereocenters. The van der Waals surface area contributed by atoms with Crippen LogP contribution in [0.4, 0.5) is 0 Å². The fraction of sp³-hybridized carbons (Fsp3) is 0.571. The molecule has 0 bridgehead atoms. The van der Waals surface area contributed by atoms with Crippen LogP contribution in [0.25, 0.3) is 0 Å². The molecule has 0 aliphatic heterocycles. The Balaban J connectivity index is 2.90. The summed E-state index contributed by atoms with van der Waals surface area (Å²) in [5, 5.41) is 0. The van der Waals surface area contributed by atoms with E-state index in [1.807, 2.05) is 6.08 Å². The zero-order valence-electron chi connectivity index (χ0n) is 10.4. The maximum atomic E-state index is 5.04. The molecule has 0 saturated carbocycles. The van der Waals surface area contributed by atoms with Crippen molar-refractivity contribution in [1.82, 2.24) is 0 Å². The molecule has 0 amide bonds. The SMILES string of the molecule is C=C(/C=C/C1=C(C)CCCC1(C)C)OC. The first kappa shape index (κ1) is 12.1. The minimum absolute atomic E-state index is 0.298. The molecule has 1 aliphatic carbocycles. The molecule has 0 unspecified atom stereocenters. The van der Waals surface area contributed by atoms with Crippen LogP contribution in [0.15, 0.2) is 35.6 Å². The summed E-state index contributed by atoms with van der Waals surface area (Å²) in [7, 11) is 1.65. The predicted molar refractivity (Wildman–Crippen MR) is 65.6 cm³/mol. The van der Waals surface area contributed by atoms with Crippen LogP contribution in [0.1, 0.15) is 40.0 Å². The predicted octanol–water partition coefficient (Wildman–Crippen LogP) is 4.23. The van der Waals surface area contributed by atoms with Gasteiger partial charge in [-0.05, 0) is 43.3 Å². The highest BCUT2D eigenvalue weighted by molar-refractivity contribution is 5.34. The van der Waals surface area contributed by atoms with Gasteiger partial charge in [0.05, 0.1) is 7.11 Å². The zero-order chi connectivity index (χ0) is 11.5. The van der Waals surface area contributed by atoms with Crippen molar-refractivity contribution in [3.05, 3.63) is 35.6 Å². The topological polar surface area (TPSA) is 9.23 Å². The first-order valence-electron chi connectivity index (χ1n) is 5.58. The van der Waals surface area contributed by atoms with Gasteiger partial charge in [0.1, 0.15) is 5.76 Å². The molecule has 0 aromatic carbocycles. The van der Waals surface area contributed by atoms with Crippen LogP contribution in [-0.2, 0) is 4.74 Å². The van der Waals surface area contributed by atoms with Crippen LogP contribution in [0.2, 0.25) is 0 Å². The van der Waals surface area contributed by atoms with Crippen molar-refractivity contribution in [1.29, 1.82) is 0 Å². The molecule has 15 heavy (non-hydrogen) atoms. The third-order valence-corrected chi connectivity index (χ3v) is 3.24. The number of allylic oxidation sites excluding steroid dienone is 4. The van der Waals surface area contributed by atoms with Gasteiger partial charge in [-0.3, -0.25) is 0 Å². The number of hydrogen-bond acceptors (Lipinski definition) is 1. The normalized spacial score (nSPS) is 20.8. The van der Waals surface area contributed by atoms with Gasteiger partial charge in [-0.25, -0.2) is 0 Å². The summed E-state index contributed by atoms with van der Waals surface area (Å²) in [6.45, 7) is 10.7. The molecule has 0 heterocycles. The number of ether oxygens (including phenoxy) is 1. The van der Waals surface area contributed by atoms with Gasteiger partial charge in [0.2, 0.25) is 0 Å². The average Bonchev–Trinajstić information content (AvgIpc) is 2.15. The van der Waals surface area contributed by atoms with Gasteiger partial charge in [0.15, 0.2) is 0 Å². The number of hydrogen-bond donors (Lipinski definition) is 0. The Hall–Kier alpha value is -0.980. The second-order valence-corrected chi connectivity index (χ2v) is 4.94. The lowest BCUT2D eigenvalue weighted by molar-refractivity contribution is 0.308. The Morgan fingerprint density at radius 2 is 2.13 bits per heavy atom. The molecule has 84 valence electrons. The Labute approximate surface area is 93.5 Å². The van der Waals surface area contributed by atoms with Crippen molar-refractivity contribution in [3.63, 3.8) is 0 Å². The van der Waals surface area contributed by atoms with Gasteiger partial charge in [0, 0.05) is 0 Å². The molecule has 0 fully saturated rings. The summed E-state index contributed by atoms with van der Waals surface area (Å²) in [6, 6.07) is 0. The molecule has 0 radical (unpaired) electrons. The largest absolute Gasteiger partial charge is 0.497 e. The van der Waals surface area contributed by atoms with Crippen molar-refractivity contribution in [3.8, 4) is 0 Å². The molecule has 1 rings (SSSR count). The van der Waals surface area contributed by atoms with E-state index in [-0.39, 0.29) is 0 Å². The Bertz CT molecular complexity index is 305. The summed E-state index contributed by atoms with van der Waals surface area (Å²) in [4.78, 5) is 0. The molecule has 0 spiro atoms. The lowest BCUT2D eigenvalue weighted by atomic mass is 9.72. The average molecular weight is 206 g/mol. The van der Waals surface area contributed by atoms with E-state index in [2.05, 4.69) is 33.4 Å². The van der Waals surface area contributed by atoms with Crippen LogP contribution in [-0.4, -0.2) is 7.11 Å². The molecule has 0 N–H and O–H groups in total. The number of rotatable bonds is 3. The number of methoxy groups -OCH3 is 1. The second kappa shape index (κ2) is 4.69. The van der Waals surface area contributed by atoms with E-state index < -0.39 is 0 Å². The van der Waals surface area contributed by atoms with Crippen LogP contribution in [0, 0.1) is 5.41 Å².